The summed E-state index contributed by atoms with van der Waals surface area (Å²) in [6, 6.07) is 7.28. The highest BCUT2D eigenvalue weighted by molar-refractivity contribution is 6.12. The monoisotopic (exact) mass is 412 g/mol. The minimum absolute atomic E-state index is 0.0327. The third-order valence-corrected chi connectivity index (χ3v) is 5.36. The van der Waals surface area contributed by atoms with Gasteiger partial charge in [-0.05, 0) is 69.5 Å². The van der Waals surface area contributed by atoms with Crippen LogP contribution in [0.5, 0.6) is 0 Å². The maximum atomic E-state index is 14.8. The molecule has 0 aliphatic carbocycles. The molecular weight excluding hydrogens is 379 g/mol. The van der Waals surface area contributed by atoms with E-state index in [1.807, 2.05) is 13.0 Å². The van der Waals surface area contributed by atoms with Gasteiger partial charge >= 0.3 is 0 Å². The molecule has 0 spiro atoms. The van der Waals surface area contributed by atoms with Crippen molar-refractivity contribution >= 4 is 16.7 Å². The summed E-state index contributed by atoms with van der Waals surface area (Å²) >= 11 is 0. The van der Waals surface area contributed by atoms with Gasteiger partial charge in [-0.2, -0.15) is 5.26 Å². The lowest BCUT2D eigenvalue weighted by atomic mass is 9.95. The highest BCUT2D eigenvalue weighted by Crippen LogP contribution is 2.28. The van der Waals surface area contributed by atoms with Gasteiger partial charge in [0.2, 0.25) is 5.78 Å². The molecule has 0 aliphatic heterocycles. The zero-order chi connectivity index (χ0) is 22.4. The van der Waals surface area contributed by atoms with Gasteiger partial charge in [-0.3, -0.25) is 4.79 Å². The van der Waals surface area contributed by atoms with E-state index in [9.17, 15) is 14.4 Å². The smallest absolute Gasteiger partial charge is 0.221 e. The summed E-state index contributed by atoms with van der Waals surface area (Å²) in [6.07, 6.45) is 3.44. The van der Waals surface area contributed by atoms with Gasteiger partial charge in [0.1, 0.15) is 17.5 Å². The van der Waals surface area contributed by atoms with Gasteiger partial charge in [0, 0.05) is 37.2 Å². The van der Waals surface area contributed by atoms with Crippen LogP contribution < -0.4 is 0 Å². The molecule has 1 N–H and O–H groups in total. The van der Waals surface area contributed by atoms with E-state index in [2.05, 4.69) is 30.7 Å². The van der Waals surface area contributed by atoms with E-state index >= 15 is 0 Å². The average Bonchev–Trinajstić information content (AvgIpc) is 3.10. The highest BCUT2D eigenvalue weighted by Gasteiger charge is 2.19. The first-order chi connectivity index (χ1) is 14.2. The van der Waals surface area contributed by atoms with Crippen LogP contribution in [-0.4, -0.2) is 53.8 Å². The zero-order valence-electron chi connectivity index (χ0n) is 18.9. The summed E-state index contributed by atoms with van der Waals surface area (Å²) in [5.74, 6) is -0.605. The predicted molar refractivity (Wildman–Crippen MR) is 120 cm³/mol. The van der Waals surface area contributed by atoms with E-state index in [-0.39, 0.29) is 23.0 Å². The van der Waals surface area contributed by atoms with E-state index < -0.39 is 5.78 Å². The SMILES string of the molecule is CCCN(CCC(C)c1cc2[nH]c(C(=O)/C(C#N)=C/N(C)C)cc2cc1F)C(C)C. The highest BCUT2D eigenvalue weighted by atomic mass is 19.1. The third kappa shape index (κ3) is 5.70. The Kier molecular flexibility index (Phi) is 8.19. The lowest BCUT2D eigenvalue weighted by Crippen LogP contribution is -2.33. The molecule has 0 saturated carbocycles. The van der Waals surface area contributed by atoms with Gasteiger partial charge in [0.05, 0.1) is 5.69 Å². The topological polar surface area (TPSA) is 63.1 Å². The number of H-pyrrole nitrogens is 1. The van der Waals surface area contributed by atoms with E-state index in [0.29, 0.717) is 22.5 Å². The Morgan fingerprint density at radius 3 is 2.50 bits per heavy atom. The van der Waals surface area contributed by atoms with Crippen LogP contribution in [0.15, 0.2) is 30.0 Å². The molecule has 0 saturated heterocycles. The average molecular weight is 413 g/mol. The fraction of sp³-hybridized carbons (Fsp3) is 0.500. The lowest BCUT2D eigenvalue weighted by molar-refractivity contribution is 0.103. The van der Waals surface area contributed by atoms with Crippen molar-refractivity contribution in [1.29, 1.82) is 5.26 Å². The number of carbonyl (C=O) groups is 1. The van der Waals surface area contributed by atoms with Crippen molar-refractivity contribution in [2.24, 2.45) is 0 Å². The maximum absolute atomic E-state index is 14.8. The zero-order valence-corrected chi connectivity index (χ0v) is 18.9. The van der Waals surface area contributed by atoms with Crippen molar-refractivity contribution in [1.82, 2.24) is 14.8 Å². The fourth-order valence-electron chi connectivity index (χ4n) is 3.64. The summed E-state index contributed by atoms with van der Waals surface area (Å²) in [7, 11) is 3.50. The second-order valence-corrected chi connectivity index (χ2v) is 8.41. The van der Waals surface area contributed by atoms with Crippen LogP contribution in [0.4, 0.5) is 4.39 Å². The normalized spacial score (nSPS) is 13.1. The summed E-state index contributed by atoms with van der Waals surface area (Å²) in [6.45, 7) is 10.5. The Labute approximate surface area is 179 Å². The van der Waals surface area contributed by atoms with Gasteiger partial charge in [0.25, 0.3) is 0 Å². The Morgan fingerprint density at radius 2 is 1.93 bits per heavy atom. The summed E-state index contributed by atoms with van der Waals surface area (Å²) < 4.78 is 14.8. The van der Waals surface area contributed by atoms with E-state index in [4.69, 9.17) is 0 Å². The molecule has 0 amide bonds. The quantitative estimate of drug-likeness (QED) is 0.336. The van der Waals surface area contributed by atoms with Crippen molar-refractivity contribution < 1.29 is 9.18 Å². The van der Waals surface area contributed by atoms with Gasteiger partial charge < -0.3 is 14.8 Å². The minimum atomic E-state index is -0.399. The molecule has 0 radical (unpaired) electrons. The van der Waals surface area contributed by atoms with Crippen molar-refractivity contribution in [2.45, 2.75) is 52.5 Å². The molecule has 30 heavy (non-hydrogen) atoms. The summed E-state index contributed by atoms with van der Waals surface area (Å²) in [5, 5.41) is 9.91. The molecule has 0 bridgehead atoms. The number of aromatic nitrogens is 1. The van der Waals surface area contributed by atoms with E-state index in [1.165, 1.54) is 12.3 Å². The second-order valence-electron chi connectivity index (χ2n) is 8.41. The standard InChI is InChI=1S/C24H33FN4O/c1-7-9-29(16(2)3)10-8-17(4)20-13-22-18(11-21(20)25)12-23(27-22)24(30)19(14-26)15-28(5)6/h11-13,15-17,27H,7-10H2,1-6H3/b19-15+. The Bertz CT molecular complexity index is 952. The van der Waals surface area contributed by atoms with Crippen molar-refractivity contribution in [3.63, 3.8) is 0 Å². The summed E-state index contributed by atoms with van der Waals surface area (Å²) in [4.78, 5) is 19.8. The molecule has 1 heterocycles. The van der Waals surface area contributed by atoms with Gasteiger partial charge in [-0.1, -0.05) is 13.8 Å². The number of hydrogen-bond donors (Lipinski definition) is 1. The van der Waals surface area contributed by atoms with Crippen LogP contribution in [0.2, 0.25) is 0 Å². The molecule has 162 valence electrons. The molecule has 5 nitrogen and oxygen atoms in total. The van der Waals surface area contributed by atoms with E-state index in [1.54, 1.807) is 31.1 Å². The number of carbonyl (C=O) groups excluding carboxylic acids is 1. The molecule has 2 aromatic rings. The Morgan fingerprint density at radius 1 is 1.23 bits per heavy atom. The molecule has 2 rings (SSSR count). The number of ketones is 1. The number of benzene rings is 1. The number of hydrogen-bond acceptors (Lipinski definition) is 4. The maximum Gasteiger partial charge on any atom is 0.221 e. The van der Waals surface area contributed by atoms with Crippen molar-refractivity contribution in [3.05, 3.63) is 47.0 Å². The number of nitrogens with zero attached hydrogens (tertiary/aromatic N) is 3. The van der Waals surface area contributed by atoms with Crippen LogP contribution >= 0.6 is 0 Å². The Balaban J connectivity index is 2.27. The number of nitriles is 1. The van der Waals surface area contributed by atoms with Crippen LogP contribution in [0.1, 0.15) is 62.5 Å². The first-order valence-corrected chi connectivity index (χ1v) is 10.6. The third-order valence-electron chi connectivity index (χ3n) is 5.36. The van der Waals surface area contributed by atoms with Crippen LogP contribution in [0.25, 0.3) is 10.9 Å². The van der Waals surface area contributed by atoms with Crippen molar-refractivity contribution in [2.75, 3.05) is 27.2 Å². The number of Topliss-reactive ketones (excluding diaryl/α,β-unsaturated/α-hetero) is 1. The Hall–Kier alpha value is -2.65. The fourth-order valence-corrected chi connectivity index (χ4v) is 3.64. The predicted octanol–water partition coefficient (Wildman–Crippen LogP) is 5.07. The number of nitrogens with one attached hydrogen (secondary N) is 1. The molecule has 1 aromatic carbocycles. The largest absolute Gasteiger partial charge is 0.382 e. The summed E-state index contributed by atoms with van der Waals surface area (Å²) in [5.41, 5.74) is 1.68. The number of fused-ring (bicyclic) bond motifs is 1. The minimum Gasteiger partial charge on any atom is -0.382 e. The molecule has 0 fully saturated rings. The molecule has 1 unspecified atom stereocenters. The first kappa shape index (κ1) is 23.6. The molecule has 1 atom stereocenters. The molecule has 0 aliphatic rings. The number of allylic oxidation sites excluding steroid dienone is 1. The van der Waals surface area contributed by atoms with Crippen LogP contribution in [-0.2, 0) is 0 Å². The first-order valence-electron chi connectivity index (χ1n) is 10.6. The van der Waals surface area contributed by atoms with Gasteiger partial charge in [0.15, 0.2) is 0 Å². The second kappa shape index (κ2) is 10.4. The number of rotatable bonds is 10. The molecule has 6 heteroatoms. The van der Waals surface area contributed by atoms with Gasteiger partial charge in [-0.25, -0.2) is 4.39 Å². The van der Waals surface area contributed by atoms with Crippen molar-refractivity contribution in [3.8, 4) is 6.07 Å². The number of aromatic amines is 1. The lowest BCUT2D eigenvalue weighted by Gasteiger charge is -2.27. The molecular formula is C24H33FN4O. The molecule has 1 aromatic heterocycles. The number of halogens is 1. The van der Waals surface area contributed by atoms with Crippen LogP contribution in [0.3, 0.4) is 0 Å². The van der Waals surface area contributed by atoms with E-state index in [0.717, 1.165) is 25.9 Å². The van der Waals surface area contributed by atoms with Crippen LogP contribution in [0, 0.1) is 17.1 Å². The van der Waals surface area contributed by atoms with Gasteiger partial charge in [-0.15, -0.1) is 0 Å².